The lowest BCUT2D eigenvalue weighted by Gasteiger charge is -2.38. The van der Waals surface area contributed by atoms with E-state index in [1.807, 2.05) is 56.3 Å². The highest BCUT2D eigenvalue weighted by Crippen LogP contribution is 2.29. The number of benzene rings is 2. The second-order valence-electron chi connectivity index (χ2n) is 6.54. The first-order chi connectivity index (χ1) is 12.8. The fourth-order valence-electron chi connectivity index (χ4n) is 2.89. The van der Waals surface area contributed by atoms with E-state index in [9.17, 15) is 0 Å². The minimum atomic E-state index is -0.648. The van der Waals surface area contributed by atoms with E-state index in [1.165, 1.54) is 0 Å². The van der Waals surface area contributed by atoms with Crippen molar-refractivity contribution in [1.82, 2.24) is 0 Å². The zero-order valence-electron chi connectivity index (χ0n) is 15.8. The molecular formula is C19H25ClN6O2. The minimum absolute atomic E-state index is 0. The van der Waals surface area contributed by atoms with Crippen LogP contribution < -0.4 is 31.6 Å². The molecule has 0 atom stereocenters. The molecule has 0 aliphatic carbocycles. The van der Waals surface area contributed by atoms with Crippen LogP contribution in [-0.4, -0.2) is 30.8 Å². The predicted molar refractivity (Wildman–Crippen MR) is 115 cm³/mol. The number of aliphatic imine (C=N–C) groups is 2. The molecular weight excluding hydrogens is 380 g/mol. The molecule has 0 spiro atoms. The van der Waals surface area contributed by atoms with Gasteiger partial charge in [-0.1, -0.05) is 12.1 Å². The van der Waals surface area contributed by atoms with Crippen LogP contribution >= 0.6 is 12.4 Å². The van der Waals surface area contributed by atoms with Gasteiger partial charge in [0, 0.05) is 23.5 Å². The van der Waals surface area contributed by atoms with Crippen molar-refractivity contribution in [1.29, 1.82) is 0 Å². The molecule has 0 unspecified atom stereocenters. The average Bonchev–Trinajstić information content (AvgIpc) is 2.57. The van der Waals surface area contributed by atoms with Gasteiger partial charge in [0.15, 0.2) is 0 Å². The zero-order chi connectivity index (χ0) is 19.4. The Kier molecular flexibility index (Phi) is 6.58. The summed E-state index contributed by atoms with van der Waals surface area (Å²) in [5.41, 5.74) is 18.3. The Labute approximate surface area is 170 Å². The summed E-state index contributed by atoms with van der Waals surface area (Å²) in [5.74, 6) is 1.85. The van der Waals surface area contributed by atoms with E-state index in [2.05, 4.69) is 9.98 Å². The lowest BCUT2D eigenvalue weighted by Crippen LogP contribution is -2.54. The molecule has 150 valence electrons. The van der Waals surface area contributed by atoms with Gasteiger partial charge in [0.05, 0.1) is 0 Å². The summed E-state index contributed by atoms with van der Waals surface area (Å²) in [4.78, 5) is 10.2. The van der Waals surface area contributed by atoms with Gasteiger partial charge in [0.2, 0.25) is 11.9 Å². The van der Waals surface area contributed by atoms with E-state index in [0.717, 1.165) is 5.69 Å². The quantitative estimate of drug-likeness (QED) is 0.501. The Hall–Kier alpha value is -3.13. The summed E-state index contributed by atoms with van der Waals surface area (Å²) in [7, 11) is 0. The van der Waals surface area contributed by atoms with Crippen molar-refractivity contribution >= 4 is 35.7 Å². The minimum Gasteiger partial charge on any atom is -0.490 e. The molecule has 0 bridgehead atoms. The zero-order valence-corrected chi connectivity index (χ0v) is 16.6. The summed E-state index contributed by atoms with van der Waals surface area (Å²) in [6.07, 6.45) is 0. The number of hydrogen-bond acceptors (Lipinski definition) is 8. The maximum Gasteiger partial charge on any atom is 0.220 e. The first-order valence-electron chi connectivity index (χ1n) is 8.56. The molecule has 3 rings (SSSR count). The van der Waals surface area contributed by atoms with Gasteiger partial charge in [0.25, 0.3) is 0 Å². The molecule has 0 aromatic heterocycles. The van der Waals surface area contributed by atoms with Crippen molar-refractivity contribution in [2.75, 3.05) is 23.8 Å². The number of anilines is 2. The van der Waals surface area contributed by atoms with Gasteiger partial charge >= 0.3 is 0 Å². The molecule has 28 heavy (non-hydrogen) atoms. The fourth-order valence-corrected chi connectivity index (χ4v) is 2.89. The molecule has 0 saturated heterocycles. The number of nitrogen functional groups attached to an aromatic ring is 1. The monoisotopic (exact) mass is 404 g/mol. The van der Waals surface area contributed by atoms with Gasteiger partial charge in [-0.2, -0.15) is 4.99 Å². The average molecular weight is 405 g/mol. The molecule has 1 aliphatic rings. The Morgan fingerprint density at radius 1 is 0.929 bits per heavy atom. The standard InChI is InChI=1S/C19H24N6O2.ClH/c1-19(2)24-17(21)23-18(22)25(19)14-6-4-8-16(12-14)27-10-9-26-15-7-3-5-13(20)11-15;/h3-8,11-12H,9-10,20H2,1-2H3,(H4,21,22,23,24);1H. The lowest BCUT2D eigenvalue weighted by atomic mass is 10.1. The Morgan fingerprint density at radius 2 is 1.54 bits per heavy atom. The van der Waals surface area contributed by atoms with Crippen LogP contribution in [-0.2, 0) is 0 Å². The van der Waals surface area contributed by atoms with Crippen molar-refractivity contribution in [2.24, 2.45) is 21.5 Å². The number of hydrogen-bond donors (Lipinski definition) is 3. The number of ether oxygens (including phenoxy) is 2. The summed E-state index contributed by atoms with van der Waals surface area (Å²) >= 11 is 0. The molecule has 2 aromatic carbocycles. The molecule has 0 amide bonds. The second kappa shape index (κ2) is 8.71. The Morgan fingerprint density at radius 3 is 2.14 bits per heavy atom. The van der Waals surface area contributed by atoms with Crippen LogP contribution in [0, 0.1) is 0 Å². The van der Waals surface area contributed by atoms with E-state index < -0.39 is 5.66 Å². The molecule has 0 saturated carbocycles. The molecule has 0 radical (unpaired) electrons. The van der Waals surface area contributed by atoms with E-state index >= 15 is 0 Å². The third kappa shape index (κ3) is 4.98. The molecule has 6 N–H and O–H groups in total. The third-order valence-electron chi connectivity index (χ3n) is 3.95. The second-order valence-corrected chi connectivity index (χ2v) is 6.54. The molecule has 1 heterocycles. The maximum absolute atomic E-state index is 6.07. The highest BCUT2D eigenvalue weighted by molar-refractivity contribution is 6.05. The van der Waals surface area contributed by atoms with E-state index in [0.29, 0.717) is 30.4 Å². The summed E-state index contributed by atoms with van der Waals surface area (Å²) < 4.78 is 11.4. The van der Waals surface area contributed by atoms with Crippen LogP contribution in [0.15, 0.2) is 58.5 Å². The van der Waals surface area contributed by atoms with Crippen LogP contribution in [0.25, 0.3) is 0 Å². The topological polar surface area (TPSA) is 124 Å². The van der Waals surface area contributed by atoms with Crippen LogP contribution in [0.5, 0.6) is 11.5 Å². The van der Waals surface area contributed by atoms with E-state index in [4.69, 9.17) is 26.7 Å². The SMILES string of the molecule is CC1(C)N=C(N)N=C(N)N1c1cccc(OCCOc2cccc(N)c2)c1.Cl. The van der Waals surface area contributed by atoms with Crippen molar-refractivity contribution in [3.63, 3.8) is 0 Å². The summed E-state index contributed by atoms with van der Waals surface area (Å²) in [5, 5.41) is 0. The number of nitrogens with two attached hydrogens (primary N) is 3. The van der Waals surface area contributed by atoms with Crippen molar-refractivity contribution in [3.05, 3.63) is 48.5 Å². The van der Waals surface area contributed by atoms with E-state index in [1.54, 1.807) is 11.0 Å². The van der Waals surface area contributed by atoms with Crippen molar-refractivity contribution in [3.8, 4) is 11.5 Å². The first kappa shape index (κ1) is 21.2. The molecule has 0 fully saturated rings. The van der Waals surface area contributed by atoms with Gasteiger partial charge < -0.3 is 26.7 Å². The van der Waals surface area contributed by atoms with Gasteiger partial charge in [-0.15, -0.1) is 12.4 Å². The Balaban J connectivity index is 0.00000280. The number of halogens is 1. The maximum atomic E-state index is 6.07. The van der Waals surface area contributed by atoms with Gasteiger partial charge in [0.1, 0.15) is 30.4 Å². The smallest absolute Gasteiger partial charge is 0.220 e. The molecule has 8 nitrogen and oxygen atoms in total. The number of nitrogens with zero attached hydrogens (tertiary/aromatic N) is 3. The normalized spacial score (nSPS) is 15.1. The van der Waals surface area contributed by atoms with Crippen LogP contribution in [0.4, 0.5) is 11.4 Å². The summed E-state index contributed by atoms with van der Waals surface area (Å²) in [6.45, 7) is 4.60. The fraction of sp³-hybridized carbons (Fsp3) is 0.263. The van der Waals surface area contributed by atoms with Gasteiger partial charge in [-0.3, -0.25) is 4.90 Å². The van der Waals surface area contributed by atoms with Crippen molar-refractivity contribution in [2.45, 2.75) is 19.5 Å². The predicted octanol–water partition coefficient (Wildman–Crippen LogP) is 2.33. The summed E-state index contributed by atoms with van der Waals surface area (Å²) in [6, 6.07) is 14.8. The highest BCUT2D eigenvalue weighted by atomic mass is 35.5. The third-order valence-corrected chi connectivity index (χ3v) is 3.95. The van der Waals surface area contributed by atoms with Gasteiger partial charge in [-0.25, -0.2) is 4.99 Å². The molecule has 2 aromatic rings. The molecule has 9 heteroatoms. The first-order valence-corrected chi connectivity index (χ1v) is 8.56. The Bertz CT molecular complexity index is 884. The van der Waals surface area contributed by atoms with Crippen LogP contribution in [0.3, 0.4) is 0 Å². The van der Waals surface area contributed by atoms with Crippen LogP contribution in [0.2, 0.25) is 0 Å². The molecule has 1 aliphatic heterocycles. The van der Waals surface area contributed by atoms with Crippen LogP contribution in [0.1, 0.15) is 13.8 Å². The lowest BCUT2D eigenvalue weighted by molar-refractivity contribution is 0.217. The number of rotatable bonds is 6. The highest BCUT2D eigenvalue weighted by Gasteiger charge is 2.33. The van der Waals surface area contributed by atoms with Crippen molar-refractivity contribution < 1.29 is 9.47 Å². The van der Waals surface area contributed by atoms with E-state index in [-0.39, 0.29) is 24.3 Å². The number of guanidine groups is 2. The van der Waals surface area contributed by atoms with Gasteiger partial charge in [-0.05, 0) is 38.1 Å². The largest absolute Gasteiger partial charge is 0.490 e.